The summed E-state index contributed by atoms with van der Waals surface area (Å²) in [5, 5.41) is 6.98. The highest BCUT2D eigenvalue weighted by Gasteiger charge is 2.36. The van der Waals surface area contributed by atoms with Crippen LogP contribution in [0.3, 0.4) is 0 Å². The fraction of sp³-hybridized carbons (Fsp3) is 0.524. The first-order chi connectivity index (χ1) is 14.3. The Hall–Kier alpha value is -2.39. The van der Waals surface area contributed by atoms with Crippen molar-refractivity contribution in [1.29, 1.82) is 0 Å². The number of sulfonamides is 1. The Morgan fingerprint density at radius 1 is 1.17 bits per heavy atom. The van der Waals surface area contributed by atoms with E-state index in [1.165, 1.54) is 26.3 Å². The van der Waals surface area contributed by atoms with Crippen molar-refractivity contribution in [1.82, 2.24) is 19.4 Å². The van der Waals surface area contributed by atoms with Gasteiger partial charge in [-0.15, -0.1) is 0 Å². The van der Waals surface area contributed by atoms with Gasteiger partial charge in [-0.2, -0.15) is 9.40 Å². The average Bonchev–Trinajstić information content (AvgIpc) is 3.43. The van der Waals surface area contributed by atoms with E-state index < -0.39 is 10.0 Å². The molecule has 2 aliphatic rings. The number of piperazine rings is 1. The number of carbonyl (C=O) groups excluding carboxylic acids is 1. The summed E-state index contributed by atoms with van der Waals surface area (Å²) < 4.78 is 29.7. The molecule has 2 fully saturated rings. The molecule has 0 unspecified atom stereocenters. The quantitative estimate of drug-likeness (QED) is 0.755. The van der Waals surface area contributed by atoms with Crippen molar-refractivity contribution in [2.45, 2.75) is 51.2 Å². The molecule has 0 bridgehead atoms. The Bertz CT molecular complexity index is 1050. The third kappa shape index (κ3) is 3.96. The van der Waals surface area contributed by atoms with E-state index in [2.05, 4.69) is 41.3 Å². The molecular formula is C21H29N5O3S. The van der Waals surface area contributed by atoms with Crippen LogP contribution in [0.25, 0.3) is 0 Å². The first kappa shape index (κ1) is 20.9. The lowest BCUT2D eigenvalue weighted by Gasteiger charge is -2.36. The van der Waals surface area contributed by atoms with E-state index in [0.29, 0.717) is 32.7 Å². The first-order valence-electron chi connectivity index (χ1n) is 10.5. The molecule has 0 spiro atoms. The summed E-state index contributed by atoms with van der Waals surface area (Å²) in [5.74, 6) is -0.357. The summed E-state index contributed by atoms with van der Waals surface area (Å²) in [4.78, 5) is 14.8. The number of carbonyl (C=O) groups is 1. The molecule has 1 N–H and O–H groups in total. The maximum absolute atomic E-state index is 13.4. The zero-order chi connectivity index (χ0) is 21.5. The number of benzene rings is 1. The summed E-state index contributed by atoms with van der Waals surface area (Å²) in [6.07, 6.45) is 3.42. The molecule has 1 saturated carbocycles. The van der Waals surface area contributed by atoms with Crippen molar-refractivity contribution in [3.8, 4) is 0 Å². The Morgan fingerprint density at radius 2 is 1.87 bits per heavy atom. The maximum Gasteiger partial charge on any atom is 0.263 e. The van der Waals surface area contributed by atoms with Gasteiger partial charge in [-0.25, -0.2) is 8.42 Å². The Morgan fingerprint density at radius 3 is 2.50 bits per heavy atom. The number of nitrogens with one attached hydrogen (secondary N) is 1. The third-order valence-corrected chi connectivity index (χ3v) is 7.78. The molecule has 0 radical (unpaired) electrons. The van der Waals surface area contributed by atoms with Gasteiger partial charge in [0.15, 0.2) is 0 Å². The molecule has 2 aromatic rings. The molecule has 30 heavy (non-hydrogen) atoms. The lowest BCUT2D eigenvalue weighted by molar-refractivity contribution is 0.0947. The lowest BCUT2D eigenvalue weighted by Crippen LogP contribution is -2.49. The average molecular weight is 432 g/mol. The summed E-state index contributed by atoms with van der Waals surface area (Å²) in [6, 6.07) is 6.34. The molecule has 1 aliphatic carbocycles. The van der Waals surface area contributed by atoms with E-state index in [-0.39, 0.29) is 22.5 Å². The van der Waals surface area contributed by atoms with Crippen LogP contribution < -0.4 is 10.2 Å². The minimum Gasteiger partial charge on any atom is -0.369 e. The van der Waals surface area contributed by atoms with Crippen LogP contribution in [0, 0.1) is 13.8 Å². The summed E-state index contributed by atoms with van der Waals surface area (Å²) in [5.41, 5.74) is 3.72. The molecule has 1 aromatic carbocycles. The van der Waals surface area contributed by atoms with E-state index in [9.17, 15) is 13.2 Å². The van der Waals surface area contributed by atoms with Gasteiger partial charge in [-0.05, 0) is 50.8 Å². The number of nitrogens with zero attached hydrogens (tertiary/aromatic N) is 4. The molecule has 1 amide bonds. The second-order valence-electron chi connectivity index (χ2n) is 8.06. The second kappa shape index (κ2) is 8.03. The highest BCUT2D eigenvalue weighted by Crippen LogP contribution is 2.27. The van der Waals surface area contributed by atoms with Gasteiger partial charge in [0.25, 0.3) is 15.9 Å². The van der Waals surface area contributed by atoms with Crippen LogP contribution in [0.1, 0.15) is 41.3 Å². The highest BCUT2D eigenvalue weighted by molar-refractivity contribution is 7.89. The van der Waals surface area contributed by atoms with Crippen LogP contribution in [0.5, 0.6) is 0 Å². The zero-order valence-corrected chi connectivity index (χ0v) is 18.6. The number of anilines is 1. The van der Waals surface area contributed by atoms with E-state index in [1.807, 2.05) is 13.0 Å². The van der Waals surface area contributed by atoms with Gasteiger partial charge in [-0.3, -0.25) is 9.48 Å². The first-order valence-corrected chi connectivity index (χ1v) is 11.9. The van der Waals surface area contributed by atoms with Crippen LogP contribution >= 0.6 is 0 Å². The molecule has 1 aliphatic heterocycles. The van der Waals surface area contributed by atoms with Gasteiger partial charge in [0.1, 0.15) is 0 Å². The van der Waals surface area contributed by atoms with E-state index in [1.54, 1.807) is 0 Å². The van der Waals surface area contributed by atoms with Crippen LogP contribution in [0.4, 0.5) is 5.69 Å². The summed E-state index contributed by atoms with van der Waals surface area (Å²) in [6.45, 7) is 8.46. The number of hydrogen-bond donors (Lipinski definition) is 1. The number of rotatable bonds is 6. The number of aryl methyl sites for hydroxylation is 2. The molecule has 1 saturated heterocycles. The topological polar surface area (TPSA) is 87.5 Å². The van der Waals surface area contributed by atoms with Gasteiger partial charge in [0, 0.05) is 50.6 Å². The maximum atomic E-state index is 13.4. The third-order valence-electron chi connectivity index (χ3n) is 5.95. The lowest BCUT2D eigenvalue weighted by atomic mass is 10.1. The van der Waals surface area contributed by atoms with Gasteiger partial charge in [0.2, 0.25) is 5.03 Å². The normalized spacial score (nSPS) is 17.9. The monoisotopic (exact) mass is 431 g/mol. The SMILES string of the molecule is CCn1cc(C(=O)NC2CC2)c(S(=O)(=O)N2CCN(c3cccc(C)c3C)CC2)n1. The zero-order valence-electron chi connectivity index (χ0n) is 17.8. The van der Waals surface area contributed by atoms with Crippen molar-refractivity contribution in [3.63, 3.8) is 0 Å². The van der Waals surface area contributed by atoms with E-state index in [4.69, 9.17) is 0 Å². The van der Waals surface area contributed by atoms with Gasteiger partial charge in [0.05, 0.1) is 5.56 Å². The van der Waals surface area contributed by atoms with Crippen LogP contribution in [0.15, 0.2) is 29.4 Å². The number of hydrogen-bond acceptors (Lipinski definition) is 5. The number of amides is 1. The molecule has 1 aromatic heterocycles. The molecular weight excluding hydrogens is 402 g/mol. The van der Waals surface area contributed by atoms with Crippen LogP contribution in [-0.4, -0.2) is 60.6 Å². The molecule has 9 heteroatoms. The highest BCUT2D eigenvalue weighted by atomic mass is 32.2. The van der Waals surface area contributed by atoms with Gasteiger partial charge < -0.3 is 10.2 Å². The fourth-order valence-electron chi connectivity index (χ4n) is 3.77. The Kier molecular flexibility index (Phi) is 5.59. The summed E-state index contributed by atoms with van der Waals surface area (Å²) >= 11 is 0. The molecule has 8 nitrogen and oxygen atoms in total. The number of aromatic nitrogens is 2. The predicted molar refractivity (Wildman–Crippen MR) is 115 cm³/mol. The standard InChI is InChI=1S/C21H29N5O3S/c1-4-25-14-18(20(27)22-17-8-9-17)21(23-25)30(28,29)26-12-10-24(11-13-26)19-7-5-6-15(2)16(19)3/h5-7,14,17H,4,8-13H2,1-3H3,(H,22,27). The minimum atomic E-state index is -3.85. The van der Waals surface area contributed by atoms with Crippen LogP contribution in [-0.2, 0) is 16.6 Å². The summed E-state index contributed by atoms with van der Waals surface area (Å²) in [7, 11) is -3.85. The molecule has 0 atom stereocenters. The largest absolute Gasteiger partial charge is 0.369 e. The predicted octanol–water partition coefficient (Wildman–Crippen LogP) is 1.92. The van der Waals surface area contributed by atoms with Crippen molar-refractivity contribution in [2.24, 2.45) is 0 Å². The molecule has 162 valence electrons. The van der Waals surface area contributed by atoms with Gasteiger partial charge in [-0.1, -0.05) is 12.1 Å². The van der Waals surface area contributed by atoms with Crippen molar-refractivity contribution >= 4 is 21.6 Å². The van der Waals surface area contributed by atoms with Crippen LogP contribution in [0.2, 0.25) is 0 Å². The minimum absolute atomic E-state index is 0.136. The molecule has 2 heterocycles. The van der Waals surface area contributed by atoms with Crippen molar-refractivity contribution in [3.05, 3.63) is 41.1 Å². The Balaban J connectivity index is 1.54. The van der Waals surface area contributed by atoms with E-state index >= 15 is 0 Å². The van der Waals surface area contributed by atoms with E-state index in [0.717, 1.165) is 18.5 Å². The van der Waals surface area contributed by atoms with Crippen molar-refractivity contribution in [2.75, 3.05) is 31.1 Å². The molecule has 4 rings (SSSR count). The van der Waals surface area contributed by atoms with Crippen molar-refractivity contribution < 1.29 is 13.2 Å². The smallest absolute Gasteiger partial charge is 0.263 e. The fourth-order valence-corrected chi connectivity index (χ4v) is 5.29. The second-order valence-corrected chi connectivity index (χ2v) is 9.91. The van der Waals surface area contributed by atoms with Gasteiger partial charge >= 0.3 is 0 Å². The Labute approximate surface area is 177 Å².